The maximum atomic E-state index is 12.8. The smallest absolute Gasteiger partial charge is 0.347 e. The highest BCUT2D eigenvalue weighted by Crippen LogP contribution is 2.38. The van der Waals surface area contributed by atoms with Crippen LogP contribution in [0.2, 0.25) is 5.02 Å². The zero-order valence-electron chi connectivity index (χ0n) is 16.4. The molecule has 2 aromatic carbocycles. The molecule has 0 saturated heterocycles. The Morgan fingerprint density at radius 1 is 1.30 bits per heavy atom. The average molecular weight is 431 g/mol. The first-order chi connectivity index (χ1) is 14.5. The molecular weight excluding hydrogens is 412 g/mol. The summed E-state index contributed by atoms with van der Waals surface area (Å²) in [5.41, 5.74) is 1.83. The van der Waals surface area contributed by atoms with Crippen LogP contribution in [0.15, 0.2) is 36.1 Å². The number of allylic oxidation sites excluding steroid dienone is 1. The Morgan fingerprint density at radius 2 is 2.13 bits per heavy atom. The normalized spacial score (nSPS) is 16.9. The second kappa shape index (κ2) is 8.38. The summed E-state index contributed by atoms with van der Waals surface area (Å²) in [6.07, 6.45) is 0.813. The van der Waals surface area contributed by atoms with Gasteiger partial charge in [-0.2, -0.15) is 0 Å². The van der Waals surface area contributed by atoms with Crippen LogP contribution in [0.1, 0.15) is 35.3 Å². The monoisotopic (exact) mass is 430 g/mol. The lowest BCUT2D eigenvalue weighted by atomic mass is 10.1. The number of benzene rings is 2. The van der Waals surface area contributed by atoms with Crippen molar-refractivity contribution in [3.63, 3.8) is 0 Å². The van der Waals surface area contributed by atoms with Crippen molar-refractivity contribution in [3.05, 3.63) is 57.8 Å². The third kappa shape index (κ3) is 3.99. The Morgan fingerprint density at radius 3 is 2.93 bits per heavy atom. The number of hydrogen-bond acceptors (Lipinski definition) is 7. The van der Waals surface area contributed by atoms with E-state index in [9.17, 15) is 9.59 Å². The molecule has 7 nitrogen and oxygen atoms in total. The van der Waals surface area contributed by atoms with Crippen LogP contribution in [0.5, 0.6) is 17.2 Å². The number of ether oxygens (including phenoxy) is 5. The maximum Gasteiger partial charge on any atom is 0.347 e. The number of carbonyl (C=O) groups is 2. The summed E-state index contributed by atoms with van der Waals surface area (Å²) in [4.78, 5) is 24.5. The van der Waals surface area contributed by atoms with Gasteiger partial charge >= 0.3 is 5.97 Å². The highest BCUT2D eigenvalue weighted by atomic mass is 35.5. The molecule has 8 heteroatoms. The van der Waals surface area contributed by atoms with Gasteiger partial charge < -0.3 is 23.7 Å². The van der Waals surface area contributed by atoms with Crippen molar-refractivity contribution in [2.45, 2.75) is 26.6 Å². The fraction of sp³-hybridized carbons (Fsp3) is 0.273. The third-order valence-electron chi connectivity index (χ3n) is 4.56. The van der Waals surface area contributed by atoms with E-state index in [0.29, 0.717) is 40.0 Å². The van der Waals surface area contributed by atoms with Crippen molar-refractivity contribution in [1.82, 2.24) is 0 Å². The molecule has 0 bridgehead atoms. The van der Waals surface area contributed by atoms with Gasteiger partial charge in [-0.05, 0) is 44.2 Å². The molecule has 2 aromatic rings. The summed E-state index contributed by atoms with van der Waals surface area (Å²) >= 11 is 6.19. The first kappa shape index (κ1) is 20.3. The predicted molar refractivity (Wildman–Crippen MR) is 108 cm³/mol. The van der Waals surface area contributed by atoms with E-state index < -0.39 is 12.1 Å². The Bertz CT molecular complexity index is 1040. The molecule has 30 heavy (non-hydrogen) atoms. The van der Waals surface area contributed by atoms with E-state index in [1.807, 2.05) is 0 Å². The highest BCUT2D eigenvalue weighted by Gasteiger charge is 2.29. The average Bonchev–Trinajstić information content (AvgIpc) is 3.02. The van der Waals surface area contributed by atoms with Gasteiger partial charge in [0.05, 0.1) is 18.8 Å². The van der Waals surface area contributed by atoms with Gasteiger partial charge in [-0.1, -0.05) is 11.6 Å². The lowest BCUT2D eigenvalue weighted by Gasteiger charge is -2.20. The minimum absolute atomic E-state index is 0.124. The molecule has 0 fully saturated rings. The van der Waals surface area contributed by atoms with Crippen LogP contribution in [0, 0.1) is 0 Å². The molecule has 0 amide bonds. The molecule has 0 aromatic heterocycles. The Hall–Kier alpha value is -3.03. The molecule has 0 spiro atoms. The largest absolute Gasteiger partial charge is 0.479 e. The summed E-state index contributed by atoms with van der Waals surface area (Å²) in [5, 5.41) is 0.501. The zero-order chi connectivity index (χ0) is 21.3. The van der Waals surface area contributed by atoms with Crippen molar-refractivity contribution in [1.29, 1.82) is 0 Å². The first-order valence-corrected chi connectivity index (χ1v) is 9.78. The first-order valence-electron chi connectivity index (χ1n) is 9.41. The van der Waals surface area contributed by atoms with Gasteiger partial charge in [0.2, 0.25) is 5.78 Å². The Kier molecular flexibility index (Phi) is 5.65. The molecule has 0 saturated carbocycles. The molecule has 0 radical (unpaired) electrons. The molecule has 0 N–H and O–H groups in total. The molecule has 4 rings (SSSR count). The van der Waals surface area contributed by atoms with E-state index in [1.54, 1.807) is 50.3 Å². The highest BCUT2D eigenvalue weighted by molar-refractivity contribution is 6.31. The fourth-order valence-corrected chi connectivity index (χ4v) is 3.46. The van der Waals surface area contributed by atoms with Gasteiger partial charge in [-0.3, -0.25) is 4.79 Å². The van der Waals surface area contributed by atoms with Crippen LogP contribution < -0.4 is 14.2 Å². The van der Waals surface area contributed by atoms with Crippen molar-refractivity contribution >= 4 is 29.4 Å². The standard InChI is InChI=1S/C22H19ClO7/c1-3-27-22(25)12(2)29-16-4-5-17-18(9-16)30-19(20(17)24)8-13-6-15(23)7-14-10-26-11-28-21(13)14/h4-9,12H,3,10-11H2,1-2H3/t12-/m0/s1. The SMILES string of the molecule is CCOC(=O)[C@H](C)Oc1ccc2c(c1)OC(=Cc1cc(Cl)cc3c1OCOC3)C2=O. The maximum absolute atomic E-state index is 12.8. The summed E-state index contributed by atoms with van der Waals surface area (Å²) in [5.74, 6) is 0.753. The molecule has 0 unspecified atom stereocenters. The Labute approximate surface area is 178 Å². The van der Waals surface area contributed by atoms with Crippen LogP contribution in [0.4, 0.5) is 0 Å². The molecule has 2 aliphatic heterocycles. The van der Waals surface area contributed by atoms with Gasteiger partial charge in [-0.25, -0.2) is 4.79 Å². The summed E-state index contributed by atoms with van der Waals surface area (Å²) in [6.45, 7) is 4.09. The number of Topliss-reactive ketones (excluding diaryl/α,β-unsaturated/α-hetero) is 1. The quantitative estimate of drug-likeness (QED) is 0.520. The topological polar surface area (TPSA) is 80.3 Å². The van der Waals surface area contributed by atoms with E-state index in [2.05, 4.69) is 0 Å². The molecule has 156 valence electrons. The van der Waals surface area contributed by atoms with Crippen LogP contribution in [0.3, 0.4) is 0 Å². The van der Waals surface area contributed by atoms with Gasteiger partial charge in [0.15, 0.2) is 18.7 Å². The number of halogens is 1. The van der Waals surface area contributed by atoms with Gasteiger partial charge in [0, 0.05) is 22.2 Å². The molecule has 2 heterocycles. The number of ketones is 1. The van der Waals surface area contributed by atoms with Gasteiger partial charge in [-0.15, -0.1) is 0 Å². The van der Waals surface area contributed by atoms with Crippen molar-refractivity contribution < 1.29 is 33.3 Å². The number of carbonyl (C=O) groups excluding carboxylic acids is 2. The minimum atomic E-state index is -0.785. The van der Waals surface area contributed by atoms with E-state index in [4.69, 9.17) is 35.3 Å². The second-order valence-electron chi connectivity index (χ2n) is 6.70. The van der Waals surface area contributed by atoms with Crippen LogP contribution in [-0.4, -0.2) is 31.3 Å². The van der Waals surface area contributed by atoms with Gasteiger partial charge in [0.25, 0.3) is 0 Å². The third-order valence-corrected chi connectivity index (χ3v) is 4.78. The second-order valence-corrected chi connectivity index (χ2v) is 7.14. The summed E-state index contributed by atoms with van der Waals surface area (Å²) in [6, 6.07) is 8.25. The number of hydrogen-bond donors (Lipinski definition) is 0. The molecule has 2 aliphatic rings. The number of rotatable bonds is 5. The van der Waals surface area contributed by atoms with Crippen LogP contribution in [0.25, 0.3) is 6.08 Å². The zero-order valence-corrected chi connectivity index (χ0v) is 17.2. The Balaban J connectivity index is 1.59. The van der Waals surface area contributed by atoms with E-state index in [0.717, 1.165) is 5.56 Å². The van der Waals surface area contributed by atoms with E-state index in [-0.39, 0.29) is 24.9 Å². The lowest BCUT2D eigenvalue weighted by molar-refractivity contribution is -0.150. The fourth-order valence-electron chi connectivity index (χ4n) is 3.21. The predicted octanol–water partition coefficient (Wildman–Crippen LogP) is 4.15. The van der Waals surface area contributed by atoms with E-state index >= 15 is 0 Å². The van der Waals surface area contributed by atoms with Crippen LogP contribution in [-0.2, 0) is 20.9 Å². The van der Waals surface area contributed by atoms with Crippen molar-refractivity contribution in [3.8, 4) is 17.2 Å². The number of esters is 1. The molecule has 0 aliphatic carbocycles. The summed E-state index contributed by atoms with van der Waals surface area (Å²) < 4.78 is 27.2. The van der Waals surface area contributed by atoms with Crippen molar-refractivity contribution in [2.24, 2.45) is 0 Å². The van der Waals surface area contributed by atoms with E-state index in [1.165, 1.54) is 0 Å². The van der Waals surface area contributed by atoms with Gasteiger partial charge in [0.1, 0.15) is 17.2 Å². The lowest BCUT2D eigenvalue weighted by Crippen LogP contribution is -2.26. The molecular formula is C22H19ClO7. The van der Waals surface area contributed by atoms with Crippen LogP contribution >= 0.6 is 11.6 Å². The van der Waals surface area contributed by atoms with Crippen molar-refractivity contribution in [2.75, 3.05) is 13.4 Å². The summed E-state index contributed by atoms with van der Waals surface area (Å²) in [7, 11) is 0. The minimum Gasteiger partial charge on any atom is -0.479 e. The molecule has 1 atom stereocenters. The number of fused-ring (bicyclic) bond motifs is 2.